The third-order valence-corrected chi connectivity index (χ3v) is 4.24. The van der Waals surface area contributed by atoms with E-state index in [0.29, 0.717) is 13.0 Å². The summed E-state index contributed by atoms with van der Waals surface area (Å²) in [7, 11) is 1.52. The number of methoxy groups -OCH3 is 1. The number of carbonyl (C=O) groups excluding carboxylic acids is 1. The van der Waals surface area contributed by atoms with Gasteiger partial charge in [-0.15, -0.1) is 0 Å². The van der Waals surface area contributed by atoms with Crippen LogP contribution in [-0.2, 0) is 14.3 Å². The van der Waals surface area contributed by atoms with Gasteiger partial charge in [0.25, 0.3) is 5.91 Å². The first-order valence-electron chi connectivity index (χ1n) is 7.48. The van der Waals surface area contributed by atoms with Crippen LogP contribution in [-0.4, -0.2) is 53.8 Å². The van der Waals surface area contributed by atoms with Crippen molar-refractivity contribution in [2.45, 2.75) is 38.0 Å². The van der Waals surface area contributed by atoms with Crippen molar-refractivity contribution in [1.82, 2.24) is 4.90 Å². The number of likely N-dealkylation sites (tertiary alicyclic amines) is 1. The van der Waals surface area contributed by atoms with Crippen LogP contribution >= 0.6 is 11.6 Å². The Bertz CT molecular complexity index is 626. The fourth-order valence-electron chi connectivity index (χ4n) is 2.75. The molecule has 0 saturated carbocycles. The van der Waals surface area contributed by atoms with Crippen LogP contribution in [0.25, 0.3) is 0 Å². The summed E-state index contributed by atoms with van der Waals surface area (Å²) in [6.07, 6.45) is -0.798. The first kappa shape index (κ1) is 18.5. The van der Waals surface area contributed by atoms with Gasteiger partial charge in [0.15, 0.2) is 6.10 Å². The molecule has 2 rings (SSSR count). The van der Waals surface area contributed by atoms with E-state index >= 15 is 0 Å². The van der Waals surface area contributed by atoms with Gasteiger partial charge in [0.2, 0.25) is 0 Å². The molecule has 1 aliphatic rings. The van der Waals surface area contributed by atoms with Gasteiger partial charge in [0, 0.05) is 19.7 Å². The number of amides is 1. The molecule has 1 aliphatic heterocycles. The van der Waals surface area contributed by atoms with E-state index in [1.54, 1.807) is 6.92 Å². The average molecular weight is 360 g/mol. The topological polar surface area (TPSA) is 76.1 Å². The molecule has 0 aliphatic carbocycles. The largest absolute Gasteiger partial charge is 0.481 e. The van der Waals surface area contributed by atoms with Gasteiger partial charge < -0.3 is 19.5 Å². The molecule has 1 aromatic rings. The predicted molar refractivity (Wildman–Crippen MR) is 84.7 cm³/mol. The minimum Gasteiger partial charge on any atom is -0.481 e. The van der Waals surface area contributed by atoms with Crippen molar-refractivity contribution in [3.8, 4) is 5.75 Å². The lowest BCUT2D eigenvalue weighted by Crippen LogP contribution is -2.44. The molecule has 1 saturated heterocycles. The highest BCUT2D eigenvalue weighted by atomic mass is 35.5. The van der Waals surface area contributed by atoms with E-state index in [0.717, 1.165) is 6.07 Å². The predicted octanol–water partition coefficient (Wildman–Crippen LogP) is 2.34. The van der Waals surface area contributed by atoms with Crippen LogP contribution in [0.3, 0.4) is 0 Å². The second-order valence-corrected chi connectivity index (χ2v) is 6.08. The molecule has 0 aromatic heterocycles. The van der Waals surface area contributed by atoms with E-state index in [1.807, 2.05) is 0 Å². The molecular weight excluding hydrogens is 341 g/mol. The standard InChI is InChI=1S/C16H19ClFNO5/c1-9(24-14-4-3-10(18)5-13(14)17)16(22)19-8-12(23-2)6-11(19)7-15(20)21/h3-5,9,11-12H,6-8H2,1-2H3,(H,20,21). The molecule has 3 unspecified atom stereocenters. The van der Waals surface area contributed by atoms with Crippen LogP contribution in [0.15, 0.2) is 18.2 Å². The second kappa shape index (κ2) is 7.81. The normalized spacial score (nSPS) is 21.6. The molecule has 8 heteroatoms. The minimum absolute atomic E-state index is 0.0629. The van der Waals surface area contributed by atoms with Crippen LogP contribution in [0.2, 0.25) is 5.02 Å². The maximum Gasteiger partial charge on any atom is 0.305 e. The van der Waals surface area contributed by atoms with Crippen molar-refractivity contribution in [2.75, 3.05) is 13.7 Å². The molecule has 1 fully saturated rings. The summed E-state index contributed by atoms with van der Waals surface area (Å²) >= 11 is 5.89. The molecular formula is C16H19ClFNO5. The van der Waals surface area contributed by atoms with Crippen LogP contribution in [0.4, 0.5) is 4.39 Å². The van der Waals surface area contributed by atoms with Gasteiger partial charge in [-0.05, 0) is 31.5 Å². The fraction of sp³-hybridized carbons (Fsp3) is 0.500. The van der Waals surface area contributed by atoms with Crippen LogP contribution < -0.4 is 4.74 Å². The average Bonchev–Trinajstić information content (AvgIpc) is 2.91. The quantitative estimate of drug-likeness (QED) is 0.843. The lowest BCUT2D eigenvalue weighted by molar-refractivity contribution is -0.142. The Morgan fingerprint density at radius 1 is 1.50 bits per heavy atom. The summed E-state index contributed by atoms with van der Waals surface area (Å²) in [5.74, 6) is -1.66. The minimum atomic E-state index is -0.982. The van der Waals surface area contributed by atoms with Gasteiger partial charge in [-0.25, -0.2) is 4.39 Å². The molecule has 3 atom stereocenters. The van der Waals surface area contributed by atoms with Crippen LogP contribution in [0.5, 0.6) is 5.75 Å². The molecule has 1 aromatic carbocycles. The fourth-order valence-corrected chi connectivity index (χ4v) is 2.97. The van der Waals surface area contributed by atoms with E-state index < -0.39 is 23.9 Å². The Labute approximate surface area is 144 Å². The summed E-state index contributed by atoms with van der Waals surface area (Å²) in [6, 6.07) is 3.17. The van der Waals surface area contributed by atoms with Gasteiger partial charge in [-0.1, -0.05) is 11.6 Å². The number of halogens is 2. The maximum atomic E-state index is 13.1. The highest BCUT2D eigenvalue weighted by molar-refractivity contribution is 6.32. The number of carboxylic acid groups (broad SMARTS) is 1. The lowest BCUT2D eigenvalue weighted by atomic mass is 10.1. The van der Waals surface area contributed by atoms with Gasteiger partial charge in [0.1, 0.15) is 11.6 Å². The number of hydrogen-bond donors (Lipinski definition) is 1. The van der Waals surface area contributed by atoms with Crippen molar-refractivity contribution in [3.05, 3.63) is 29.0 Å². The van der Waals surface area contributed by atoms with Crippen molar-refractivity contribution in [2.24, 2.45) is 0 Å². The number of benzene rings is 1. The van der Waals surface area contributed by atoms with E-state index in [-0.39, 0.29) is 29.2 Å². The zero-order chi connectivity index (χ0) is 17.9. The van der Waals surface area contributed by atoms with E-state index in [4.69, 9.17) is 26.2 Å². The number of aliphatic carboxylic acids is 1. The monoisotopic (exact) mass is 359 g/mol. The molecule has 6 nitrogen and oxygen atoms in total. The third kappa shape index (κ3) is 4.36. The molecule has 1 amide bonds. The molecule has 132 valence electrons. The molecule has 0 bridgehead atoms. The smallest absolute Gasteiger partial charge is 0.305 e. The summed E-state index contributed by atoms with van der Waals surface area (Å²) in [6.45, 7) is 1.85. The Morgan fingerprint density at radius 3 is 2.79 bits per heavy atom. The number of hydrogen-bond acceptors (Lipinski definition) is 4. The van der Waals surface area contributed by atoms with Gasteiger partial charge in [-0.2, -0.15) is 0 Å². The first-order valence-corrected chi connectivity index (χ1v) is 7.86. The van der Waals surface area contributed by atoms with Crippen LogP contribution in [0.1, 0.15) is 19.8 Å². The summed E-state index contributed by atoms with van der Waals surface area (Å²) < 4.78 is 23.8. The summed E-state index contributed by atoms with van der Waals surface area (Å²) in [5, 5.41) is 9.07. The lowest BCUT2D eigenvalue weighted by Gasteiger charge is -2.26. The number of carboxylic acids is 1. The number of ether oxygens (including phenoxy) is 2. The van der Waals surface area contributed by atoms with Crippen molar-refractivity contribution in [3.63, 3.8) is 0 Å². The zero-order valence-corrected chi connectivity index (χ0v) is 14.1. The number of carbonyl (C=O) groups is 2. The highest BCUT2D eigenvalue weighted by Gasteiger charge is 2.38. The maximum absolute atomic E-state index is 13.1. The Morgan fingerprint density at radius 2 is 2.21 bits per heavy atom. The highest BCUT2D eigenvalue weighted by Crippen LogP contribution is 2.28. The van der Waals surface area contributed by atoms with E-state index in [9.17, 15) is 14.0 Å². The molecule has 24 heavy (non-hydrogen) atoms. The number of nitrogens with zero attached hydrogens (tertiary/aromatic N) is 1. The summed E-state index contributed by atoms with van der Waals surface area (Å²) in [4.78, 5) is 25.1. The second-order valence-electron chi connectivity index (χ2n) is 5.67. The van der Waals surface area contributed by atoms with Crippen molar-refractivity contribution < 1.29 is 28.6 Å². The van der Waals surface area contributed by atoms with Crippen LogP contribution in [0, 0.1) is 5.82 Å². The van der Waals surface area contributed by atoms with Gasteiger partial charge >= 0.3 is 5.97 Å². The zero-order valence-electron chi connectivity index (χ0n) is 13.4. The molecule has 0 spiro atoms. The van der Waals surface area contributed by atoms with E-state index in [2.05, 4.69) is 0 Å². The SMILES string of the molecule is COC1CC(CC(=O)O)N(C(=O)C(C)Oc2ccc(F)cc2Cl)C1. The Balaban J connectivity index is 2.08. The molecule has 1 N–H and O–H groups in total. The summed E-state index contributed by atoms with van der Waals surface area (Å²) in [5.41, 5.74) is 0. The molecule has 1 heterocycles. The Kier molecular flexibility index (Phi) is 6.01. The van der Waals surface area contributed by atoms with Gasteiger partial charge in [0.05, 0.1) is 17.5 Å². The van der Waals surface area contributed by atoms with Crippen molar-refractivity contribution in [1.29, 1.82) is 0 Å². The first-order chi connectivity index (χ1) is 11.3. The third-order valence-electron chi connectivity index (χ3n) is 3.95. The van der Waals surface area contributed by atoms with Crippen molar-refractivity contribution >= 4 is 23.5 Å². The van der Waals surface area contributed by atoms with Gasteiger partial charge in [-0.3, -0.25) is 9.59 Å². The van der Waals surface area contributed by atoms with E-state index in [1.165, 1.54) is 24.1 Å². The number of rotatable bonds is 6. The molecule has 0 radical (unpaired) electrons. The Hall–Kier alpha value is -1.86.